The lowest BCUT2D eigenvalue weighted by atomic mass is 9.96. The summed E-state index contributed by atoms with van der Waals surface area (Å²) >= 11 is 0. The van der Waals surface area contributed by atoms with E-state index in [1.165, 1.54) is 84.9 Å². The van der Waals surface area contributed by atoms with Crippen LogP contribution in [0.1, 0.15) is 140 Å². The van der Waals surface area contributed by atoms with Crippen molar-refractivity contribution in [2.75, 3.05) is 19.6 Å². The second-order valence-electron chi connectivity index (χ2n) is 20.2. The number of anilines is 4. The van der Waals surface area contributed by atoms with E-state index in [0.717, 1.165) is 30.7 Å². The van der Waals surface area contributed by atoms with E-state index in [4.69, 9.17) is 9.47 Å². The number of ketones is 2. The minimum Gasteiger partial charge on any atom is -0.457 e. The second kappa shape index (κ2) is 20.2. The van der Waals surface area contributed by atoms with E-state index in [2.05, 4.69) is 0 Å². The van der Waals surface area contributed by atoms with Crippen molar-refractivity contribution in [1.82, 2.24) is 0 Å². The first-order chi connectivity index (χ1) is 40.7. The summed E-state index contributed by atoms with van der Waals surface area (Å²) in [5, 5.41) is 0. The van der Waals surface area contributed by atoms with Crippen molar-refractivity contribution in [3.8, 4) is 23.0 Å². The Morgan fingerprint density at radius 3 is 0.833 bits per heavy atom. The first-order valence-corrected chi connectivity index (χ1v) is 26.7. The molecular weight excluding hydrogens is 1060 g/mol. The van der Waals surface area contributed by atoms with Crippen LogP contribution in [0.25, 0.3) is 0 Å². The van der Waals surface area contributed by atoms with E-state index < -0.39 is 58.8 Å². The smallest absolute Gasteiger partial charge is 0.266 e. The van der Waals surface area contributed by atoms with Crippen LogP contribution in [0.3, 0.4) is 0 Å². The summed E-state index contributed by atoms with van der Waals surface area (Å²) in [4.78, 5) is 142. The molecule has 0 atom stereocenters. The van der Waals surface area contributed by atoms with E-state index in [1.807, 2.05) is 26.0 Å². The summed E-state index contributed by atoms with van der Waals surface area (Å²) in [7, 11) is 0. The number of fused-ring (bicyclic) bond motifs is 4. The maximum absolute atomic E-state index is 14.0. The van der Waals surface area contributed by atoms with Gasteiger partial charge in [0.2, 0.25) is 0 Å². The van der Waals surface area contributed by atoms with Crippen molar-refractivity contribution in [1.29, 1.82) is 0 Å². The van der Waals surface area contributed by atoms with Gasteiger partial charge >= 0.3 is 0 Å². The highest BCUT2D eigenvalue weighted by Crippen LogP contribution is 2.38. The fourth-order valence-electron chi connectivity index (χ4n) is 10.9. The van der Waals surface area contributed by atoms with Crippen molar-refractivity contribution in [2.45, 2.75) is 26.7 Å². The third-order valence-corrected chi connectivity index (χ3v) is 15.2. The minimum atomic E-state index is -0.674. The first kappa shape index (κ1) is 51.9. The number of aryl methyl sites for hydroxylation is 2. The number of benzene rings is 9. The quantitative estimate of drug-likeness (QED) is 0.0737. The van der Waals surface area contributed by atoms with Crippen LogP contribution in [0.2, 0.25) is 0 Å². The van der Waals surface area contributed by atoms with Crippen LogP contribution in [-0.2, 0) is 12.8 Å². The monoisotopic (exact) mass is 1110 g/mol. The lowest BCUT2D eigenvalue weighted by Crippen LogP contribution is -2.29. The van der Waals surface area contributed by atoms with Gasteiger partial charge in [0.25, 0.3) is 47.3 Å². The lowest BCUT2D eigenvalue weighted by Gasteiger charge is -2.16. The highest BCUT2D eigenvalue weighted by Gasteiger charge is 2.42. The van der Waals surface area contributed by atoms with E-state index in [0.29, 0.717) is 35.7 Å². The van der Waals surface area contributed by atoms with Crippen molar-refractivity contribution in [2.24, 2.45) is 0 Å². The van der Waals surface area contributed by atoms with Gasteiger partial charge in [-0.25, -0.2) is 19.6 Å². The van der Waals surface area contributed by atoms with Crippen LogP contribution in [0.5, 0.6) is 23.0 Å². The van der Waals surface area contributed by atoms with Crippen molar-refractivity contribution in [3.05, 3.63) is 272 Å². The fraction of sp³-hybridized carbons (Fsp3) is 0.0588. The third-order valence-electron chi connectivity index (χ3n) is 15.2. The third kappa shape index (κ3) is 8.64. The molecule has 0 bridgehead atoms. The molecule has 16 nitrogen and oxygen atoms in total. The SMILES string of the molecule is CCc1cccc(N2C(=O)c3ccc(C(=O)c4ccc5c(c4)C(=O)N(c4cccc(Oc6cccc(Oc7cccc(N8C(=O)c9ccc(C(=O)c%10ccc%11c(c%10)C(=O)N(c%10cccc(CC)c%10)C%11=O)cc9C8=O)c7)c6)c4)C5=O)cc3C2=O)c1. The van der Waals surface area contributed by atoms with E-state index in [9.17, 15) is 47.9 Å². The van der Waals surface area contributed by atoms with Gasteiger partial charge in [0, 0.05) is 40.5 Å². The molecule has 4 aliphatic heterocycles. The Kier molecular flexibility index (Phi) is 12.5. The molecule has 9 aromatic rings. The summed E-state index contributed by atoms with van der Waals surface area (Å²) in [6.07, 6.45) is 1.41. The number of hydrogen-bond acceptors (Lipinski definition) is 12. The van der Waals surface area contributed by atoms with Gasteiger partial charge in [-0.15, -0.1) is 0 Å². The van der Waals surface area contributed by atoms with Crippen molar-refractivity contribution in [3.63, 3.8) is 0 Å². The summed E-state index contributed by atoms with van der Waals surface area (Å²) in [5.74, 6) is -4.61. The van der Waals surface area contributed by atoms with Gasteiger partial charge < -0.3 is 9.47 Å². The Balaban J connectivity index is 0.670. The van der Waals surface area contributed by atoms with Crippen molar-refractivity contribution >= 4 is 81.6 Å². The molecule has 13 rings (SSSR count). The highest BCUT2D eigenvalue weighted by atomic mass is 16.5. The number of hydrogen-bond donors (Lipinski definition) is 0. The van der Waals surface area contributed by atoms with Crippen LogP contribution < -0.4 is 29.1 Å². The van der Waals surface area contributed by atoms with Crippen LogP contribution >= 0.6 is 0 Å². The van der Waals surface area contributed by atoms with Gasteiger partial charge in [-0.05, 0) is 133 Å². The molecule has 84 heavy (non-hydrogen) atoms. The van der Waals surface area contributed by atoms with Crippen molar-refractivity contribution < 1.29 is 57.4 Å². The molecule has 406 valence electrons. The number of imide groups is 4. The van der Waals surface area contributed by atoms with E-state index in [-0.39, 0.29) is 89.6 Å². The molecule has 8 amide bonds. The van der Waals surface area contributed by atoms with Crippen LogP contribution in [0.15, 0.2) is 194 Å². The molecule has 0 saturated carbocycles. The first-order valence-electron chi connectivity index (χ1n) is 26.7. The number of ether oxygens (including phenoxy) is 2. The average molecular weight is 1110 g/mol. The zero-order valence-electron chi connectivity index (χ0n) is 44.6. The van der Waals surface area contributed by atoms with E-state index >= 15 is 0 Å². The summed E-state index contributed by atoms with van der Waals surface area (Å²) in [6, 6.07) is 50.4. The molecule has 9 aromatic carbocycles. The molecule has 0 unspecified atom stereocenters. The molecule has 0 spiro atoms. The van der Waals surface area contributed by atoms with E-state index in [1.54, 1.807) is 97.1 Å². The van der Waals surface area contributed by atoms with Gasteiger partial charge in [-0.3, -0.25) is 47.9 Å². The maximum atomic E-state index is 14.0. The Labute approximate surface area is 478 Å². The predicted octanol–water partition coefficient (Wildman–Crippen LogP) is 12.1. The number of carbonyl (C=O) groups is 10. The van der Waals surface area contributed by atoms with Gasteiger partial charge in [0.1, 0.15) is 23.0 Å². The molecule has 0 radical (unpaired) electrons. The molecule has 16 heteroatoms. The van der Waals surface area contributed by atoms with Gasteiger partial charge in [-0.2, -0.15) is 0 Å². The Hall–Kier alpha value is -11.5. The van der Waals surface area contributed by atoms with Crippen LogP contribution in [-0.4, -0.2) is 58.8 Å². The van der Waals surface area contributed by atoms with Crippen LogP contribution in [0, 0.1) is 0 Å². The number of amides is 8. The van der Waals surface area contributed by atoms with Gasteiger partial charge in [-0.1, -0.05) is 80.6 Å². The molecule has 4 aliphatic rings. The Morgan fingerprint density at radius 2 is 0.536 bits per heavy atom. The summed E-state index contributed by atoms with van der Waals surface area (Å²) in [6.45, 7) is 3.93. The standard InChI is InChI=1S/C68H42N4O12/c1-3-37-10-5-12-43(28-37)69-61(75)51-24-20-39(30-55(51)65(69)79)59(73)41-22-26-53-57(32-41)67(81)71(63(53)77)45-14-7-16-47(34-45)83-49-18-9-19-50(36-49)84-48-17-8-15-46(35-48)72-64(78)54-27-23-42(33-58(54)68(72)82)60(74)40-21-25-52-56(31-40)66(80)70(62(52)76)44-13-6-11-38(4-2)29-44/h5-36H,3-4H2,1-2H3. The summed E-state index contributed by atoms with van der Waals surface area (Å²) in [5.41, 5.74) is 4.19. The second-order valence-corrected chi connectivity index (χ2v) is 20.2. The molecule has 4 heterocycles. The highest BCUT2D eigenvalue weighted by molar-refractivity contribution is 6.38. The average Bonchev–Trinajstić information content (AvgIpc) is 3.35. The zero-order chi connectivity index (χ0) is 58.2. The predicted molar refractivity (Wildman–Crippen MR) is 308 cm³/mol. The molecule has 0 fully saturated rings. The Morgan fingerprint density at radius 1 is 0.286 bits per heavy atom. The topological polar surface area (TPSA) is 202 Å². The zero-order valence-corrected chi connectivity index (χ0v) is 44.6. The Bertz CT molecular complexity index is 4220. The maximum Gasteiger partial charge on any atom is 0.266 e. The molecule has 0 N–H and O–H groups in total. The van der Waals surface area contributed by atoms with Gasteiger partial charge in [0.05, 0.1) is 67.3 Å². The molecule has 0 aromatic heterocycles. The number of rotatable bonds is 14. The largest absolute Gasteiger partial charge is 0.457 e. The number of nitrogens with zero attached hydrogens (tertiary/aromatic N) is 4. The molecule has 0 aliphatic carbocycles. The minimum absolute atomic E-state index is 0.00104. The fourth-order valence-corrected chi connectivity index (χ4v) is 10.9. The molecule has 0 saturated heterocycles. The lowest BCUT2D eigenvalue weighted by molar-refractivity contribution is 0.0910. The number of carbonyl (C=O) groups excluding carboxylic acids is 10. The molecular formula is C68H42N4O12. The van der Waals surface area contributed by atoms with Crippen LogP contribution in [0.4, 0.5) is 22.7 Å². The summed E-state index contributed by atoms with van der Waals surface area (Å²) < 4.78 is 12.4. The normalized spacial score (nSPS) is 14.1. The van der Waals surface area contributed by atoms with Gasteiger partial charge in [0.15, 0.2) is 11.6 Å².